The zero-order valence-electron chi connectivity index (χ0n) is 9.27. The number of rotatable bonds is 1. The molecule has 2 aliphatic carbocycles. The Kier molecular flexibility index (Phi) is 1.77. The molecule has 1 saturated heterocycles. The Labute approximate surface area is 89.8 Å². The number of nitrogens with zero attached hydrogens (tertiary/aromatic N) is 1. The Morgan fingerprint density at radius 2 is 1.53 bits per heavy atom. The lowest BCUT2D eigenvalue weighted by Gasteiger charge is -2.20. The van der Waals surface area contributed by atoms with Crippen molar-refractivity contribution < 1.29 is 9.59 Å². The molecule has 3 nitrogen and oxygen atoms in total. The molecule has 0 radical (unpaired) electrons. The van der Waals surface area contributed by atoms with Gasteiger partial charge in [-0.3, -0.25) is 14.5 Å². The van der Waals surface area contributed by atoms with Crippen LogP contribution >= 0.6 is 0 Å². The van der Waals surface area contributed by atoms with E-state index in [-0.39, 0.29) is 29.7 Å². The number of amides is 2. The molecular weight excluding hydrogens is 190 g/mol. The average Bonchev–Trinajstić information content (AvgIpc) is 2.79. The van der Waals surface area contributed by atoms with Gasteiger partial charge in [0.15, 0.2) is 0 Å². The molecule has 0 aromatic carbocycles. The van der Waals surface area contributed by atoms with Crippen molar-refractivity contribution >= 4 is 11.8 Å². The van der Waals surface area contributed by atoms with Gasteiger partial charge in [0, 0.05) is 6.04 Å². The SMILES string of the molecule is CC(C)N1C(=O)[C@@H]2[C@H]3CC[C@H](C3)[C@@H]2C1=O. The molecule has 3 rings (SSSR count). The van der Waals surface area contributed by atoms with Gasteiger partial charge in [-0.1, -0.05) is 0 Å². The van der Waals surface area contributed by atoms with Crippen LogP contribution in [0, 0.1) is 23.7 Å². The van der Waals surface area contributed by atoms with Gasteiger partial charge in [0.1, 0.15) is 0 Å². The maximum Gasteiger partial charge on any atom is 0.233 e. The van der Waals surface area contributed by atoms with Crippen LogP contribution in [0.4, 0.5) is 0 Å². The van der Waals surface area contributed by atoms with E-state index < -0.39 is 0 Å². The Hall–Kier alpha value is -0.860. The fourth-order valence-electron chi connectivity index (χ4n) is 3.94. The smallest absolute Gasteiger partial charge is 0.233 e. The van der Waals surface area contributed by atoms with Gasteiger partial charge in [0.25, 0.3) is 0 Å². The van der Waals surface area contributed by atoms with Gasteiger partial charge in [0.05, 0.1) is 11.8 Å². The molecule has 1 heterocycles. The minimum absolute atomic E-state index is 0.0370. The zero-order valence-corrected chi connectivity index (χ0v) is 9.27. The van der Waals surface area contributed by atoms with Gasteiger partial charge in [-0.25, -0.2) is 0 Å². The highest BCUT2D eigenvalue weighted by molar-refractivity contribution is 6.06. The van der Waals surface area contributed by atoms with Crippen LogP contribution in [0.1, 0.15) is 33.1 Å². The lowest BCUT2D eigenvalue weighted by Crippen LogP contribution is -2.38. The summed E-state index contributed by atoms with van der Waals surface area (Å²) in [5.41, 5.74) is 0. The summed E-state index contributed by atoms with van der Waals surface area (Å²) in [5, 5.41) is 0. The molecule has 0 unspecified atom stereocenters. The Morgan fingerprint density at radius 1 is 1.07 bits per heavy atom. The number of imide groups is 1. The highest BCUT2D eigenvalue weighted by atomic mass is 16.2. The molecule has 0 aromatic rings. The molecule has 0 N–H and O–H groups in total. The molecular formula is C12H17NO2. The molecule has 3 heteroatoms. The first-order valence-corrected chi connectivity index (χ1v) is 5.98. The van der Waals surface area contributed by atoms with Crippen LogP contribution in [0.3, 0.4) is 0 Å². The van der Waals surface area contributed by atoms with E-state index in [4.69, 9.17) is 0 Å². The van der Waals surface area contributed by atoms with Crippen molar-refractivity contribution in [1.29, 1.82) is 0 Å². The van der Waals surface area contributed by atoms with Crippen molar-refractivity contribution in [2.45, 2.75) is 39.2 Å². The normalized spacial score (nSPS) is 43.3. The molecule has 0 spiro atoms. The first-order valence-electron chi connectivity index (χ1n) is 5.98. The van der Waals surface area contributed by atoms with E-state index in [0.717, 1.165) is 19.3 Å². The summed E-state index contributed by atoms with van der Waals surface area (Å²) in [5.74, 6) is 1.37. The lowest BCUT2D eigenvalue weighted by molar-refractivity contribution is -0.142. The lowest BCUT2D eigenvalue weighted by atomic mass is 9.81. The maximum atomic E-state index is 12.1. The molecule has 3 aliphatic rings. The molecule has 82 valence electrons. The van der Waals surface area contributed by atoms with E-state index in [1.807, 2.05) is 13.8 Å². The third-order valence-electron chi connectivity index (χ3n) is 4.48. The summed E-state index contributed by atoms with van der Waals surface area (Å²) in [7, 11) is 0. The second kappa shape index (κ2) is 2.83. The Morgan fingerprint density at radius 3 is 1.93 bits per heavy atom. The summed E-state index contributed by atoms with van der Waals surface area (Å²) in [6.07, 6.45) is 3.45. The predicted molar refractivity (Wildman–Crippen MR) is 54.8 cm³/mol. The number of hydrogen-bond acceptors (Lipinski definition) is 2. The summed E-state index contributed by atoms with van der Waals surface area (Å²) in [6.45, 7) is 3.86. The molecule has 2 saturated carbocycles. The third kappa shape index (κ3) is 1.01. The minimum Gasteiger partial charge on any atom is -0.280 e. The molecule has 0 aromatic heterocycles. The number of hydrogen-bond donors (Lipinski definition) is 0. The maximum absolute atomic E-state index is 12.1. The predicted octanol–water partition coefficient (Wildman–Crippen LogP) is 1.43. The number of carbonyl (C=O) groups is 2. The molecule has 3 fully saturated rings. The molecule has 4 atom stereocenters. The van der Waals surface area contributed by atoms with Crippen LogP contribution in [-0.2, 0) is 9.59 Å². The summed E-state index contributed by atoms with van der Waals surface area (Å²) in [6, 6.07) is 0.0370. The fourth-order valence-corrected chi connectivity index (χ4v) is 3.94. The van der Waals surface area contributed by atoms with Crippen LogP contribution in [0.5, 0.6) is 0 Å². The summed E-state index contributed by atoms with van der Waals surface area (Å²) in [4.78, 5) is 25.8. The van der Waals surface area contributed by atoms with E-state index >= 15 is 0 Å². The average molecular weight is 207 g/mol. The van der Waals surface area contributed by atoms with Crippen molar-refractivity contribution in [3.63, 3.8) is 0 Å². The molecule has 1 aliphatic heterocycles. The molecule has 15 heavy (non-hydrogen) atoms. The van der Waals surface area contributed by atoms with Gasteiger partial charge in [-0.2, -0.15) is 0 Å². The quantitative estimate of drug-likeness (QED) is 0.610. The van der Waals surface area contributed by atoms with Crippen molar-refractivity contribution in [2.75, 3.05) is 0 Å². The number of carbonyl (C=O) groups excluding carboxylic acids is 2. The first kappa shape index (κ1) is 9.37. The van der Waals surface area contributed by atoms with Gasteiger partial charge in [0.2, 0.25) is 11.8 Å². The van der Waals surface area contributed by atoms with Crippen molar-refractivity contribution in [2.24, 2.45) is 23.7 Å². The second-order valence-corrected chi connectivity index (χ2v) is 5.53. The van der Waals surface area contributed by atoms with E-state index in [0.29, 0.717) is 11.8 Å². The van der Waals surface area contributed by atoms with Crippen LogP contribution in [0.25, 0.3) is 0 Å². The Balaban J connectivity index is 1.97. The number of fused-ring (bicyclic) bond motifs is 5. The number of likely N-dealkylation sites (tertiary alicyclic amines) is 1. The van der Waals surface area contributed by atoms with Crippen LogP contribution < -0.4 is 0 Å². The first-order chi connectivity index (χ1) is 7.11. The monoisotopic (exact) mass is 207 g/mol. The largest absolute Gasteiger partial charge is 0.280 e. The minimum atomic E-state index is 0.0370. The Bertz CT molecular complexity index is 309. The fraction of sp³-hybridized carbons (Fsp3) is 0.833. The third-order valence-corrected chi connectivity index (χ3v) is 4.48. The van der Waals surface area contributed by atoms with Crippen molar-refractivity contribution in [1.82, 2.24) is 4.90 Å². The van der Waals surface area contributed by atoms with Gasteiger partial charge in [-0.15, -0.1) is 0 Å². The molecule has 2 amide bonds. The highest BCUT2D eigenvalue weighted by Gasteiger charge is 2.61. The van der Waals surface area contributed by atoms with Crippen LogP contribution in [0.15, 0.2) is 0 Å². The van der Waals surface area contributed by atoms with Gasteiger partial charge >= 0.3 is 0 Å². The second-order valence-electron chi connectivity index (χ2n) is 5.53. The van der Waals surface area contributed by atoms with E-state index in [2.05, 4.69) is 0 Å². The van der Waals surface area contributed by atoms with Crippen LogP contribution in [-0.4, -0.2) is 22.8 Å². The highest BCUT2D eigenvalue weighted by Crippen LogP contribution is 2.56. The van der Waals surface area contributed by atoms with Crippen molar-refractivity contribution in [3.8, 4) is 0 Å². The topological polar surface area (TPSA) is 37.4 Å². The van der Waals surface area contributed by atoms with E-state index in [9.17, 15) is 9.59 Å². The van der Waals surface area contributed by atoms with Gasteiger partial charge < -0.3 is 0 Å². The zero-order chi connectivity index (χ0) is 10.7. The summed E-state index contributed by atoms with van der Waals surface area (Å²) >= 11 is 0. The standard InChI is InChI=1S/C12H17NO2/c1-6(2)13-11(14)9-7-3-4-8(5-7)10(9)12(13)15/h6-10H,3-5H2,1-2H3/t7-,8+,9+,10-. The van der Waals surface area contributed by atoms with E-state index in [1.54, 1.807) is 0 Å². The van der Waals surface area contributed by atoms with Gasteiger partial charge in [-0.05, 0) is 44.9 Å². The van der Waals surface area contributed by atoms with E-state index in [1.165, 1.54) is 4.90 Å². The van der Waals surface area contributed by atoms with Crippen LogP contribution in [0.2, 0.25) is 0 Å². The molecule has 2 bridgehead atoms. The van der Waals surface area contributed by atoms with Crippen molar-refractivity contribution in [3.05, 3.63) is 0 Å². The summed E-state index contributed by atoms with van der Waals surface area (Å²) < 4.78 is 0.